The van der Waals surface area contributed by atoms with Crippen molar-refractivity contribution >= 4 is 31.3 Å². The number of phosphoric acid groups is 1. The van der Waals surface area contributed by atoms with E-state index in [1.165, 1.54) is 23.3 Å². The number of ether oxygens (including phenoxy) is 1. The van der Waals surface area contributed by atoms with E-state index in [4.69, 9.17) is 23.6 Å². The minimum absolute atomic E-state index is 0.0204. The van der Waals surface area contributed by atoms with Crippen molar-refractivity contribution in [1.82, 2.24) is 24.4 Å². The molecule has 1 saturated heterocycles. The lowest BCUT2D eigenvalue weighted by atomic mass is 10.0. The SMILES string of the molecule is C=CCOP(=O)(OCCC#N)OC1[C@@H](CO)O[C@@H](n2cnc3c(=O)[nH]c(/N=C\N(C)C)nc32)[C@H]1C. The predicted octanol–water partition coefficient (Wildman–Crippen LogP) is 1.49. The Bertz CT molecular complexity index is 1200. The molecule has 1 aliphatic heterocycles. The summed E-state index contributed by atoms with van der Waals surface area (Å²) in [6.45, 7) is 4.53. The van der Waals surface area contributed by atoms with Gasteiger partial charge < -0.3 is 14.7 Å². The van der Waals surface area contributed by atoms with Gasteiger partial charge in [-0.1, -0.05) is 13.0 Å². The van der Waals surface area contributed by atoms with E-state index in [0.717, 1.165) is 0 Å². The standard InChI is InChI=1S/C20H28N7O7P/c1-5-8-31-35(30,32-9-6-7-21)34-16-13(2)19(33-14(16)10-28)27-12-22-15-17(27)24-20(25-18(15)29)23-11-26(3)4/h5,11-14,16,19,28H,1,6,8-10H2,2-4H3,(H,24,25,29)/b23-11-/t13-,14+,16?,19+,35?/m0/s1. The van der Waals surface area contributed by atoms with E-state index in [-0.39, 0.29) is 36.7 Å². The first-order valence-corrected chi connectivity index (χ1v) is 12.2. The largest absolute Gasteiger partial charge is 0.475 e. The third kappa shape index (κ3) is 6.21. The molecule has 2 unspecified atom stereocenters. The van der Waals surface area contributed by atoms with Crippen LogP contribution in [0.4, 0.5) is 5.95 Å². The molecule has 0 saturated carbocycles. The second-order valence-corrected chi connectivity index (χ2v) is 9.49. The van der Waals surface area contributed by atoms with E-state index in [1.54, 1.807) is 25.9 Å². The number of aliphatic hydroxyl groups excluding tert-OH is 1. The van der Waals surface area contributed by atoms with Gasteiger partial charge in [0.25, 0.3) is 5.56 Å². The number of rotatable bonds is 12. The van der Waals surface area contributed by atoms with Crippen LogP contribution in [0.15, 0.2) is 28.8 Å². The molecule has 3 heterocycles. The highest BCUT2D eigenvalue weighted by molar-refractivity contribution is 7.48. The van der Waals surface area contributed by atoms with Crippen LogP contribution in [0.1, 0.15) is 19.6 Å². The fourth-order valence-electron chi connectivity index (χ4n) is 3.44. The van der Waals surface area contributed by atoms with Crippen LogP contribution in [0.2, 0.25) is 0 Å². The topological polar surface area (TPSA) is 177 Å². The first kappa shape index (κ1) is 26.7. The molecule has 3 rings (SSSR count). The number of hydrogen-bond donors (Lipinski definition) is 2. The van der Waals surface area contributed by atoms with Crippen LogP contribution < -0.4 is 5.56 Å². The number of nitriles is 1. The summed E-state index contributed by atoms with van der Waals surface area (Å²) in [6, 6.07) is 1.89. The van der Waals surface area contributed by atoms with Gasteiger partial charge in [-0.3, -0.25) is 27.9 Å². The van der Waals surface area contributed by atoms with Crippen molar-refractivity contribution in [2.45, 2.75) is 31.8 Å². The third-order valence-corrected chi connectivity index (χ3v) is 6.46. The van der Waals surface area contributed by atoms with Crippen LogP contribution in [-0.2, 0) is 22.9 Å². The lowest BCUT2D eigenvalue weighted by Crippen LogP contribution is -2.31. The van der Waals surface area contributed by atoms with Gasteiger partial charge in [0.15, 0.2) is 11.2 Å². The van der Waals surface area contributed by atoms with Crippen molar-refractivity contribution in [3.8, 4) is 6.07 Å². The molecule has 2 N–H and O–H groups in total. The van der Waals surface area contributed by atoms with Crippen molar-refractivity contribution < 1.29 is 28.0 Å². The molecule has 0 amide bonds. The van der Waals surface area contributed by atoms with Crippen molar-refractivity contribution in [2.24, 2.45) is 10.9 Å². The summed E-state index contributed by atoms with van der Waals surface area (Å²) in [6.07, 6.45) is 1.62. The minimum Gasteiger partial charge on any atom is -0.394 e. The van der Waals surface area contributed by atoms with Crippen LogP contribution in [0, 0.1) is 17.2 Å². The van der Waals surface area contributed by atoms with Crippen molar-refractivity contribution in [1.29, 1.82) is 5.26 Å². The Morgan fingerprint density at radius 2 is 2.26 bits per heavy atom. The van der Waals surface area contributed by atoms with E-state index < -0.39 is 44.3 Å². The lowest BCUT2D eigenvalue weighted by Gasteiger charge is -2.25. The van der Waals surface area contributed by atoms with Gasteiger partial charge in [0.2, 0.25) is 5.95 Å². The van der Waals surface area contributed by atoms with Gasteiger partial charge in [-0.05, 0) is 0 Å². The van der Waals surface area contributed by atoms with Crippen LogP contribution in [-0.4, -0.2) is 82.0 Å². The summed E-state index contributed by atoms with van der Waals surface area (Å²) in [7, 11) is -0.575. The number of nitrogens with one attached hydrogen (secondary N) is 1. The van der Waals surface area contributed by atoms with Gasteiger partial charge in [-0.25, -0.2) is 14.5 Å². The fraction of sp³-hybridized carbons (Fsp3) is 0.550. The normalized spacial score (nSPS) is 24.0. The number of hydrogen-bond acceptors (Lipinski definition) is 11. The molecule has 35 heavy (non-hydrogen) atoms. The maximum Gasteiger partial charge on any atom is 0.475 e. The summed E-state index contributed by atoms with van der Waals surface area (Å²) in [4.78, 5) is 29.4. The van der Waals surface area contributed by atoms with E-state index >= 15 is 0 Å². The van der Waals surface area contributed by atoms with Gasteiger partial charge in [0.05, 0.1) is 45.0 Å². The molecule has 0 radical (unpaired) electrons. The molecule has 15 heteroatoms. The zero-order valence-corrected chi connectivity index (χ0v) is 20.5. The molecule has 1 aliphatic rings. The molecule has 190 valence electrons. The van der Waals surface area contributed by atoms with Crippen LogP contribution in [0.3, 0.4) is 0 Å². The lowest BCUT2D eigenvalue weighted by molar-refractivity contribution is -0.0460. The summed E-state index contributed by atoms with van der Waals surface area (Å²) in [5.74, 6) is -0.442. The zero-order valence-electron chi connectivity index (χ0n) is 19.6. The van der Waals surface area contributed by atoms with Crippen LogP contribution >= 0.6 is 7.82 Å². The highest BCUT2D eigenvalue weighted by Gasteiger charge is 2.48. The number of aromatic nitrogens is 4. The summed E-state index contributed by atoms with van der Waals surface area (Å²) < 4.78 is 36.9. The highest BCUT2D eigenvalue weighted by Crippen LogP contribution is 2.54. The van der Waals surface area contributed by atoms with E-state index in [9.17, 15) is 14.5 Å². The Labute approximate surface area is 201 Å². The highest BCUT2D eigenvalue weighted by atomic mass is 31.2. The average Bonchev–Trinajstić information content (AvgIpc) is 3.38. The smallest absolute Gasteiger partial charge is 0.394 e. The number of fused-ring (bicyclic) bond motifs is 1. The predicted molar refractivity (Wildman–Crippen MR) is 125 cm³/mol. The van der Waals surface area contributed by atoms with Gasteiger partial charge in [0, 0.05) is 20.0 Å². The minimum atomic E-state index is -4.12. The van der Waals surface area contributed by atoms with Gasteiger partial charge >= 0.3 is 7.82 Å². The van der Waals surface area contributed by atoms with Crippen molar-refractivity contribution in [3.63, 3.8) is 0 Å². The first-order chi connectivity index (χ1) is 16.7. The third-order valence-electron chi connectivity index (χ3n) is 5.00. The van der Waals surface area contributed by atoms with E-state index in [0.29, 0.717) is 0 Å². The number of aliphatic hydroxyl groups is 1. The molecule has 0 bridgehead atoms. The van der Waals surface area contributed by atoms with Crippen molar-refractivity contribution in [3.05, 3.63) is 29.3 Å². The summed E-state index contributed by atoms with van der Waals surface area (Å²) >= 11 is 0. The Morgan fingerprint density at radius 3 is 2.91 bits per heavy atom. The Morgan fingerprint density at radius 1 is 1.49 bits per heavy atom. The fourth-order valence-corrected chi connectivity index (χ4v) is 4.86. The Hall–Kier alpha value is -2.92. The number of aromatic amines is 1. The molecule has 14 nitrogen and oxygen atoms in total. The monoisotopic (exact) mass is 509 g/mol. The number of imidazole rings is 1. The zero-order chi connectivity index (χ0) is 25.6. The quantitative estimate of drug-likeness (QED) is 0.139. The number of nitrogens with zero attached hydrogens (tertiary/aromatic N) is 6. The van der Waals surface area contributed by atoms with Gasteiger partial charge in [-0.2, -0.15) is 10.2 Å². The number of phosphoric ester groups is 1. The molecule has 5 atom stereocenters. The molecule has 1 fully saturated rings. The van der Waals surface area contributed by atoms with Gasteiger partial charge in [-0.15, -0.1) is 6.58 Å². The number of H-pyrrole nitrogens is 1. The van der Waals surface area contributed by atoms with Gasteiger partial charge in [0.1, 0.15) is 18.4 Å². The second kappa shape index (κ2) is 11.7. The maximum atomic E-state index is 13.2. The summed E-state index contributed by atoms with van der Waals surface area (Å²) in [5, 5.41) is 18.7. The average molecular weight is 509 g/mol. The number of aliphatic imine (C=N–C) groups is 1. The first-order valence-electron chi connectivity index (χ1n) is 10.7. The second-order valence-electron chi connectivity index (χ2n) is 7.87. The van der Waals surface area contributed by atoms with E-state index in [1.807, 2.05) is 6.07 Å². The van der Waals surface area contributed by atoms with Crippen molar-refractivity contribution in [2.75, 3.05) is 33.9 Å². The van der Waals surface area contributed by atoms with Crippen LogP contribution in [0.5, 0.6) is 0 Å². The molecule has 0 spiro atoms. The Kier molecular flexibility index (Phi) is 8.90. The molecule has 2 aromatic rings. The molecule has 0 aliphatic carbocycles. The molecular weight excluding hydrogens is 481 g/mol. The van der Waals surface area contributed by atoms with E-state index in [2.05, 4.69) is 26.5 Å². The summed E-state index contributed by atoms with van der Waals surface area (Å²) in [5.41, 5.74) is -0.190. The van der Waals surface area contributed by atoms with Crippen LogP contribution in [0.25, 0.3) is 11.2 Å². The molecule has 2 aromatic heterocycles. The Balaban J connectivity index is 1.92. The molecular formula is C20H28N7O7P. The maximum absolute atomic E-state index is 13.2. The molecule has 0 aromatic carbocycles.